The maximum Gasteiger partial charge on any atom is 0.326 e. The molecule has 0 saturated carbocycles. The van der Waals surface area contributed by atoms with Crippen molar-refractivity contribution in [1.82, 2.24) is 10.3 Å². The van der Waals surface area contributed by atoms with Gasteiger partial charge in [-0.3, -0.25) is 4.79 Å². The van der Waals surface area contributed by atoms with Crippen LogP contribution >= 0.6 is 11.3 Å². The van der Waals surface area contributed by atoms with Gasteiger partial charge in [-0.05, 0) is 53.8 Å². The van der Waals surface area contributed by atoms with Crippen LogP contribution in [0, 0.1) is 5.92 Å². The first-order valence-corrected chi connectivity index (χ1v) is 14.3. The molecule has 1 heterocycles. The number of aromatic nitrogens is 1. The highest BCUT2D eigenvalue weighted by atomic mass is 32.1. The summed E-state index contributed by atoms with van der Waals surface area (Å²) in [5.74, 6) is -0.240. The minimum atomic E-state index is -1.05. The average Bonchev–Trinajstić information content (AvgIpc) is 3.48. The molecule has 0 saturated heterocycles. The first kappa shape index (κ1) is 29.6. The smallest absolute Gasteiger partial charge is 0.326 e. The zero-order chi connectivity index (χ0) is 29.4. The van der Waals surface area contributed by atoms with Crippen molar-refractivity contribution in [2.75, 3.05) is 25.7 Å². The fourth-order valence-corrected chi connectivity index (χ4v) is 5.27. The van der Waals surface area contributed by atoms with Crippen LogP contribution in [0.4, 0.5) is 5.13 Å². The van der Waals surface area contributed by atoms with Crippen molar-refractivity contribution < 1.29 is 24.2 Å². The van der Waals surface area contributed by atoms with Crippen molar-refractivity contribution in [3.63, 3.8) is 0 Å². The Morgan fingerprint density at radius 1 is 0.976 bits per heavy atom. The quantitative estimate of drug-likeness (QED) is 0.205. The van der Waals surface area contributed by atoms with Gasteiger partial charge in [-0.25, -0.2) is 9.78 Å². The van der Waals surface area contributed by atoms with Gasteiger partial charge in [0, 0.05) is 29.6 Å². The normalized spacial score (nSPS) is 11.6. The topological polar surface area (TPSA) is 101 Å². The Balaban J connectivity index is 1.56. The van der Waals surface area contributed by atoms with Gasteiger partial charge >= 0.3 is 5.97 Å². The molecule has 0 spiro atoms. The number of nitrogens with one attached hydrogen (secondary N) is 1. The van der Waals surface area contributed by atoms with Crippen molar-refractivity contribution in [1.29, 1.82) is 0 Å². The van der Waals surface area contributed by atoms with Crippen LogP contribution in [0.25, 0.3) is 11.3 Å². The van der Waals surface area contributed by atoms with Gasteiger partial charge < -0.3 is 24.8 Å². The number of carbonyl (C=O) groups is 2. The number of rotatable bonds is 13. The van der Waals surface area contributed by atoms with Gasteiger partial charge in [-0.15, -0.1) is 11.3 Å². The van der Waals surface area contributed by atoms with E-state index in [1.807, 2.05) is 53.9 Å². The summed E-state index contributed by atoms with van der Waals surface area (Å²) in [5.41, 5.74) is 4.31. The summed E-state index contributed by atoms with van der Waals surface area (Å²) in [6.45, 7) is 4.85. The zero-order valence-corrected chi connectivity index (χ0v) is 24.5. The van der Waals surface area contributed by atoms with E-state index in [9.17, 15) is 14.7 Å². The highest BCUT2D eigenvalue weighted by Crippen LogP contribution is 2.36. The molecular weight excluding hydrogens is 538 g/mol. The van der Waals surface area contributed by atoms with Crippen molar-refractivity contribution >= 4 is 28.3 Å². The molecule has 41 heavy (non-hydrogen) atoms. The number of amides is 1. The maximum atomic E-state index is 12.7. The molecule has 3 aromatic carbocycles. The van der Waals surface area contributed by atoms with E-state index < -0.39 is 17.9 Å². The number of methoxy groups -OCH3 is 2. The summed E-state index contributed by atoms with van der Waals surface area (Å²) in [7, 11) is 3.27. The number of carbonyl (C=O) groups excluding carboxylic acids is 1. The van der Waals surface area contributed by atoms with Gasteiger partial charge in [0.25, 0.3) is 5.91 Å². The second-order valence-electron chi connectivity index (χ2n) is 9.97. The third-order valence-electron chi connectivity index (χ3n) is 6.77. The Hall–Kier alpha value is -4.37. The van der Waals surface area contributed by atoms with Crippen molar-refractivity contribution in [3.8, 4) is 22.8 Å². The number of ether oxygens (including phenoxy) is 2. The molecule has 0 aliphatic carbocycles. The molecule has 1 unspecified atom stereocenters. The summed E-state index contributed by atoms with van der Waals surface area (Å²) in [6.07, 6.45) is 0.838. The predicted molar refractivity (Wildman–Crippen MR) is 162 cm³/mol. The van der Waals surface area contributed by atoms with Gasteiger partial charge in [0.2, 0.25) is 0 Å². The first-order chi connectivity index (χ1) is 19.8. The number of carboxylic acids is 1. The fourth-order valence-electron chi connectivity index (χ4n) is 4.42. The number of nitrogens with zero attached hydrogens (tertiary/aromatic N) is 2. The molecule has 4 rings (SSSR count). The minimum Gasteiger partial charge on any atom is -0.497 e. The van der Waals surface area contributed by atoms with Gasteiger partial charge in [0.1, 0.15) is 17.5 Å². The van der Waals surface area contributed by atoms with Crippen LogP contribution in [0.2, 0.25) is 0 Å². The minimum absolute atomic E-state index is 0.228. The fraction of sp³-hybridized carbons (Fsp3) is 0.281. The molecule has 0 aliphatic rings. The van der Waals surface area contributed by atoms with Crippen LogP contribution in [0.15, 0.2) is 78.2 Å². The van der Waals surface area contributed by atoms with E-state index in [4.69, 9.17) is 14.5 Å². The Labute approximate surface area is 244 Å². The van der Waals surface area contributed by atoms with E-state index in [0.29, 0.717) is 12.1 Å². The van der Waals surface area contributed by atoms with Gasteiger partial charge in [0.15, 0.2) is 5.13 Å². The molecule has 8 nitrogen and oxygen atoms in total. The lowest BCUT2D eigenvalue weighted by molar-refractivity contribution is -0.140. The molecule has 214 valence electrons. The van der Waals surface area contributed by atoms with E-state index >= 15 is 0 Å². The molecule has 1 aromatic heterocycles. The van der Waals surface area contributed by atoms with Crippen LogP contribution in [-0.4, -0.2) is 48.8 Å². The van der Waals surface area contributed by atoms with Crippen LogP contribution in [0.1, 0.15) is 35.3 Å². The van der Waals surface area contributed by atoms with Crippen molar-refractivity contribution in [2.45, 2.75) is 32.9 Å². The number of thiazole rings is 1. The third-order valence-corrected chi connectivity index (χ3v) is 7.67. The van der Waals surface area contributed by atoms with Crippen LogP contribution < -0.4 is 19.7 Å². The molecule has 2 N–H and O–H groups in total. The summed E-state index contributed by atoms with van der Waals surface area (Å²) >= 11 is 1.56. The lowest BCUT2D eigenvalue weighted by Crippen LogP contribution is -2.44. The van der Waals surface area contributed by atoms with E-state index in [1.165, 1.54) is 5.56 Å². The number of anilines is 1. The number of carboxylic acid groups (broad SMARTS) is 1. The Morgan fingerprint density at radius 2 is 1.71 bits per heavy atom. The first-order valence-electron chi connectivity index (χ1n) is 13.4. The second kappa shape index (κ2) is 13.8. The highest BCUT2D eigenvalue weighted by molar-refractivity contribution is 7.14. The predicted octanol–water partition coefficient (Wildman–Crippen LogP) is 5.92. The maximum absolute atomic E-state index is 12.7. The van der Waals surface area contributed by atoms with E-state index in [1.54, 1.807) is 51.5 Å². The monoisotopic (exact) mass is 573 g/mol. The lowest BCUT2D eigenvalue weighted by atomic mass is 10.0. The number of aliphatic carboxylic acids is 1. The second-order valence-corrected chi connectivity index (χ2v) is 10.8. The largest absolute Gasteiger partial charge is 0.497 e. The standard InChI is InChI=1S/C32H35N3O5S/c1-21(2)29(31(37)38)34-30(36)24-12-10-23(11-13-24)19-35(17-16-22-8-6-5-7-9-22)32-33-27(20-41-32)26-18-25(39-3)14-15-28(26)40-4/h5-15,18,20-21,29H,16-17,19H2,1-4H3,(H,34,36)(H,37,38). The average molecular weight is 574 g/mol. The molecule has 4 aromatic rings. The number of benzene rings is 3. The van der Waals surface area contributed by atoms with Crippen molar-refractivity contribution in [3.05, 3.63) is 94.9 Å². The molecular formula is C32H35N3O5S. The summed E-state index contributed by atoms with van der Waals surface area (Å²) in [5, 5.41) is 14.9. The molecule has 0 radical (unpaired) electrons. The lowest BCUT2D eigenvalue weighted by Gasteiger charge is -2.22. The molecule has 1 atom stereocenters. The summed E-state index contributed by atoms with van der Waals surface area (Å²) in [4.78, 5) is 31.4. The zero-order valence-electron chi connectivity index (χ0n) is 23.7. The van der Waals surface area contributed by atoms with Crippen molar-refractivity contribution in [2.24, 2.45) is 5.92 Å². The Morgan fingerprint density at radius 3 is 2.34 bits per heavy atom. The number of hydrogen-bond acceptors (Lipinski definition) is 7. The van der Waals surface area contributed by atoms with Crippen LogP contribution in [0.5, 0.6) is 11.5 Å². The van der Waals surface area contributed by atoms with E-state index in [0.717, 1.165) is 46.4 Å². The SMILES string of the molecule is COc1ccc(OC)c(-c2csc(N(CCc3ccccc3)Cc3ccc(C(=O)NC(C(=O)O)C(C)C)cc3)n2)c1. The Bertz CT molecular complexity index is 1450. The highest BCUT2D eigenvalue weighted by Gasteiger charge is 2.24. The summed E-state index contributed by atoms with van der Waals surface area (Å²) in [6, 6.07) is 22.3. The van der Waals surface area contributed by atoms with Gasteiger partial charge in [0.05, 0.1) is 19.9 Å². The van der Waals surface area contributed by atoms with Gasteiger partial charge in [-0.1, -0.05) is 56.3 Å². The Kier molecular flexibility index (Phi) is 9.97. The van der Waals surface area contributed by atoms with Crippen LogP contribution in [-0.2, 0) is 17.8 Å². The molecule has 0 aliphatic heterocycles. The van der Waals surface area contributed by atoms with Gasteiger partial charge in [-0.2, -0.15) is 0 Å². The molecule has 0 fully saturated rings. The van der Waals surface area contributed by atoms with E-state index in [-0.39, 0.29) is 5.92 Å². The van der Waals surface area contributed by atoms with Crippen LogP contribution in [0.3, 0.4) is 0 Å². The molecule has 0 bridgehead atoms. The number of hydrogen-bond donors (Lipinski definition) is 2. The third kappa shape index (κ3) is 7.64. The molecule has 9 heteroatoms. The van der Waals surface area contributed by atoms with E-state index in [2.05, 4.69) is 22.3 Å². The summed E-state index contributed by atoms with van der Waals surface area (Å²) < 4.78 is 11.0. The molecule has 1 amide bonds.